The second kappa shape index (κ2) is 9.71. The summed E-state index contributed by atoms with van der Waals surface area (Å²) in [5, 5.41) is 3.58. The van der Waals surface area contributed by atoms with Gasteiger partial charge in [-0.05, 0) is 88.1 Å². The zero-order chi connectivity index (χ0) is 21.4. The third-order valence-corrected chi connectivity index (χ3v) is 9.82. The van der Waals surface area contributed by atoms with Gasteiger partial charge in [-0.15, -0.1) is 11.6 Å². The molecular weight excluding hydrogens is 408 g/mol. The fourth-order valence-corrected chi connectivity index (χ4v) is 7.84. The highest BCUT2D eigenvalue weighted by molar-refractivity contribution is 6.20. The maximum Gasteiger partial charge on any atom is 0.234 e. The molecule has 4 saturated carbocycles. The molecular formula is C26H41ClN2O2. The highest BCUT2D eigenvalue weighted by atomic mass is 35.5. The Hall–Kier alpha value is -0.610. The number of halogens is 1. The van der Waals surface area contributed by atoms with Crippen LogP contribution in [0.15, 0.2) is 0 Å². The number of alkyl halides is 1. The number of piperidine rings is 1. The number of nitrogens with one attached hydrogen (secondary N) is 1. The second-order valence-corrected chi connectivity index (χ2v) is 12.1. The van der Waals surface area contributed by atoms with Crippen molar-refractivity contribution in [2.75, 3.05) is 19.6 Å². The van der Waals surface area contributed by atoms with Crippen LogP contribution in [0.25, 0.3) is 0 Å². The summed E-state index contributed by atoms with van der Waals surface area (Å²) in [5.74, 6) is 3.64. The van der Waals surface area contributed by atoms with Crippen LogP contribution in [-0.4, -0.2) is 47.6 Å². The van der Waals surface area contributed by atoms with Crippen molar-refractivity contribution in [2.24, 2.45) is 35.5 Å². The van der Waals surface area contributed by atoms with Crippen LogP contribution >= 0.6 is 11.6 Å². The third-order valence-electron chi connectivity index (χ3n) is 9.42. The summed E-state index contributed by atoms with van der Waals surface area (Å²) in [5.41, 5.74) is 0. The molecule has 1 saturated heterocycles. The van der Waals surface area contributed by atoms with Crippen LogP contribution in [0.3, 0.4) is 0 Å². The summed E-state index contributed by atoms with van der Waals surface area (Å²) < 4.78 is 0. The second-order valence-electron chi connectivity index (χ2n) is 11.5. The van der Waals surface area contributed by atoms with Gasteiger partial charge in [0.25, 0.3) is 0 Å². The Kier molecular flexibility index (Phi) is 6.95. The molecule has 5 unspecified atom stereocenters. The van der Waals surface area contributed by atoms with Gasteiger partial charge in [-0.3, -0.25) is 14.5 Å². The molecule has 4 nitrogen and oxygen atoms in total. The number of likely N-dealkylation sites (tertiary alicyclic amines) is 1. The molecule has 1 heterocycles. The predicted molar refractivity (Wildman–Crippen MR) is 124 cm³/mol. The van der Waals surface area contributed by atoms with Gasteiger partial charge >= 0.3 is 0 Å². The zero-order valence-electron chi connectivity index (χ0n) is 19.1. The van der Waals surface area contributed by atoms with E-state index in [4.69, 9.17) is 11.6 Å². The Labute approximate surface area is 193 Å². The van der Waals surface area contributed by atoms with E-state index >= 15 is 0 Å². The number of hydrogen-bond acceptors (Lipinski definition) is 3. The van der Waals surface area contributed by atoms with E-state index in [1.807, 2.05) is 0 Å². The van der Waals surface area contributed by atoms with Gasteiger partial charge in [-0.1, -0.05) is 32.1 Å². The summed E-state index contributed by atoms with van der Waals surface area (Å²) in [7, 11) is 0. The predicted octanol–water partition coefficient (Wildman–Crippen LogP) is 4.79. The summed E-state index contributed by atoms with van der Waals surface area (Å²) >= 11 is 6.51. The van der Waals surface area contributed by atoms with Gasteiger partial charge in [0.2, 0.25) is 5.91 Å². The average molecular weight is 449 g/mol. The first-order chi connectivity index (χ1) is 15.1. The van der Waals surface area contributed by atoms with Crippen LogP contribution < -0.4 is 5.32 Å². The number of Topliss-reactive ketones (excluding diaryl/α,β-unsaturated/α-hetero) is 1. The molecule has 5 heteroatoms. The maximum atomic E-state index is 13.1. The fraction of sp³-hybridized carbons (Fsp3) is 0.923. The Morgan fingerprint density at radius 1 is 0.806 bits per heavy atom. The summed E-state index contributed by atoms with van der Waals surface area (Å²) in [4.78, 5) is 28.4. The highest BCUT2D eigenvalue weighted by Crippen LogP contribution is 2.49. The number of carbonyl (C=O) groups excluding carboxylic acids is 2. The third kappa shape index (κ3) is 5.16. The number of hydrogen-bond donors (Lipinski definition) is 1. The largest absolute Gasteiger partial charge is 0.351 e. The van der Waals surface area contributed by atoms with Gasteiger partial charge in [-0.25, -0.2) is 0 Å². The molecule has 0 aromatic carbocycles. The van der Waals surface area contributed by atoms with Gasteiger partial charge in [-0.2, -0.15) is 0 Å². The van der Waals surface area contributed by atoms with Crippen LogP contribution in [0, 0.1) is 35.5 Å². The van der Waals surface area contributed by atoms with Crippen LogP contribution in [0.5, 0.6) is 0 Å². The molecule has 0 spiro atoms. The monoisotopic (exact) mass is 448 g/mol. The van der Waals surface area contributed by atoms with Crippen molar-refractivity contribution < 1.29 is 9.59 Å². The number of fused-ring (bicyclic) bond motifs is 1. The Morgan fingerprint density at radius 3 is 2.23 bits per heavy atom. The molecule has 5 fully saturated rings. The van der Waals surface area contributed by atoms with E-state index in [-0.39, 0.29) is 29.2 Å². The van der Waals surface area contributed by atoms with Crippen molar-refractivity contribution >= 4 is 23.3 Å². The molecule has 0 radical (unpaired) electrons. The lowest BCUT2D eigenvalue weighted by Gasteiger charge is -2.38. The van der Waals surface area contributed by atoms with E-state index in [0.29, 0.717) is 24.2 Å². The molecule has 1 aliphatic heterocycles. The van der Waals surface area contributed by atoms with E-state index in [9.17, 15) is 9.59 Å². The first kappa shape index (κ1) is 22.2. The van der Waals surface area contributed by atoms with Crippen molar-refractivity contribution in [3.05, 3.63) is 0 Å². The van der Waals surface area contributed by atoms with Gasteiger partial charge in [0.1, 0.15) is 5.78 Å². The minimum Gasteiger partial charge on any atom is -0.351 e. The van der Waals surface area contributed by atoms with E-state index in [2.05, 4.69) is 10.2 Å². The number of nitrogens with zero attached hydrogens (tertiary/aromatic N) is 1. The van der Waals surface area contributed by atoms with E-state index in [1.54, 1.807) is 0 Å². The van der Waals surface area contributed by atoms with Gasteiger partial charge in [0.15, 0.2) is 0 Å². The van der Waals surface area contributed by atoms with Crippen molar-refractivity contribution in [2.45, 2.75) is 94.9 Å². The van der Waals surface area contributed by atoms with E-state index < -0.39 is 0 Å². The highest BCUT2D eigenvalue weighted by Gasteiger charge is 2.51. The van der Waals surface area contributed by atoms with Gasteiger partial charge in [0.05, 0.1) is 6.54 Å². The maximum absolute atomic E-state index is 13.1. The lowest BCUT2D eigenvalue weighted by molar-refractivity contribution is -0.127. The molecule has 5 rings (SSSR count). The quantitative estimate of drug-likeness (QED) is 0.594. The molecule has 4 aliphatic carbocycles. The number of carbonyl (C=O) groups is 2. The standard InChI is InChI=1S/C26H41ClN2O2/c27-21-9-8-20-14-23(26(31)19-6-7-19)25(22(20)15-21)28-24(30)16-29-12-10-18(11-13-29)17-4-2-1-3-5-17/h17-23,25H,1-16H2,(H,28,30). The van der Waals surface area contributed by atoms with Gasteiger partial charge < -0.3 is 5.32 Å². The number of amides is 1. The Morgan fingerprint density at radius 2 is 1.52 bits per heavy atom. The lowest BCUT2D eigenvalue weighted by Crippen LogP contribution is -2.50. The minimum atomic E-state index is 0.0203. The summed E-state index contributed by atoms with van der Waals surface area (Å²) in [6, 6.07) is 0.0203. The molecule has 0 aromatic heterocycles. The molecule has 1 N–H and O–H groups in total. The normalized spacial score (nSPS) is 38.0. The van der Waals surface area contributed by atoms with Crippen molar-refractivity contribution in [1.82, 2.24) is 10.2 Å². The van der Waals surface area contributed by atoms with Crippen LogP contribution in [-0.2, 0) is 9.59 Å². The van der Waals surface area contributed by atoms with E-state index in [1.165, 1.54) is 44.9 Å². The first-order valence-electron chi connectivity index (χ1n) is 13.3. The molecule has 0 bridgehead atoms. The van der Waals surface area contributed by atoms with Crippen molar-refractivity contribution in [3.63, 3.8) is 0 Å². The fourth-order valence-electron chi connectivity index (χ4n) is 7.51. The molecule has 31 heavy (non-hydrogen) atoms. The Bertz CT molecular complexity index is 652. The average Bonchev–Trinajstić information content (AvgIpc) is 3.58. The first-order valence-corrected chi connectivity index (χ1v) is 13.7. The Balaban J connectivity index is 1.15. The number of rotatable bonds is 6. The van der Waals surface area contributed by atoms with E-state index in [0.717, 1.165) is 63.5 Å². The SMILES string of the molecule is O=C(CN1CCC(C2CCCCC2)CC1)NC1C(C(=O)C2CC2)CC2CCC(Cl)CC21. The van der Waals surface area contributed by atoms with Crippen LogP contribution in [0.1, 0.15) is 83.5 Å². The minimum absolute atomic E-state index is 0.0203. The smallest absolute Gasteiger partial charge is 0.234 e. The summed E-state index contributed by atoms with van der Waals surface area (Å²) in [6.07, 6.45) is 15.8. The molecule has 5 atom stereocenters. The molecule has 1 amide bonds. The molecule has 174 valence electrons. The topological polar surface area (TPSA) is 49.4 Å². The zero-order valence-corrected chi connectivity index (χ0v) is 19.8. The lowest BCUT2D eigenvalue weighted by atomic mass is 9.76. The van der Waals surface area contributed by atoms with Crippen molar-refractivity contribution in [1.29, 1.82) is 0 Å². The van der Waals surface area contributed by atoms with Crippen LogP contribution in [0.4, 0.5) is 0 Å². The molecule has 5 aliphatic rings. The summed E-state index contributed by atoms with van der Waals surface area (Å²) in [6.45, 7) is 2.61. The van der Waals surface area contributed by atoms with Crippen LogP contribution in [0.2, 0.25) is 0 Å². The van der Waals surface area contributed by atoms with Crippen molar-refractivity contribution in [3.8, 4) is 0 Å². The van der Waals surface area contributed by atoms with Gasteiger partial charge in [0, 0.05) is 23.3 Å². The number of ketones is 1. The molecule has 0 aromatic rings.